The molecule has 2 heterocycles. The van der Waals surface area contributed by atoms with E-state index in [4.69, 9.17) is 5.11 Å². The first-order valence-corrected chi connectivity index (χ1v) is 7.26. The molecule has 0 saturated carbocycles. The summed E-state index contributed by atoms with van der Waals surface area (Å²) in [7, 11) is 0. The monoisotopic (exact) mass is 322 g/mol. The highest BCUT2D eigenvalue weighted by molar-refractivity contribution is 5.66. The minimum absolute atomic E-state index is 0.0206. The number of nitrogens with zero attached hydrogens (tertiary/aromatic N) is 4. The van der Waals surface area contributed by atoms with Gasteiger partial charge in [0.15, 0.2) is 0 Å². The summed E-state index contributed by atoms with van der Waals surface area (Å²) in [5.74, 6) is 0. The molecule has 1 aliphatic heterocycles. The van der Waals surface area contributed by atoms with Crippen molar-refractivity contribution in [2.24, 2.45) is 0 Å². The van der Waals surface area contributed by atoms with Gasteiger partial charge in [-0.3, -0.25) is 4.90 Å². The molecule has 3 rings (SSSR count). The molecule has 1 atom stereocenters. The second kappa shape index (κ2) is 5.94. The molecule has 23 heavy (non-hydrogen) atoms. The number of hydrogen-bond acceptors (Lipinski definition) is 3. The zero-order valence-corrected chi connectivity index (χ0v) is 12.5. The Balaban J connectivity index is 1.90. The predicted molar refractivity (Wildman–Crippen MR) is 77.4 cm³/mol. The summed E-state index contributed by atoms with van der Waals surface area (Å²) >= 11 is 0. The van der Waals surface area contributed by atoms with Crippen LogP contribution in [-0.4, -0.2) is 37.6 Å². The van der Waals surface area contributed by atoms with Crippen molar-refractivity contribution in [1.82, 2.24) is 19.9 Å². The summed E-state index contributed by atoms with van der Waals surface area (Å²) in [5.41, 5.74) is 1.86. The molecule has 1 aliphatic rings. The number of hydrogen-bond donors (Lipinski definition) is 1. The first-order chi connectivity index (χ1) is 11.0. The molecule has 1 amide bonds. The number of rotatable bonds is 3. The Hall–Kier alpha value is -2.51. The molecule has 0 radical (unpaired) electrons. The standard InChI is InChI=1S/C15H16F2N4O2/c1-9-13-12(6-7-20(9)15(22)23)21(19-18-13)8-10-4-2-3-5-11(10)14(16)17/h2-5,9,14H,6-8H2,1H3,(H,22,23)/t9-/m0/s1. The van der Waals surface area contributed by atoms with Crippen LogP contribution in [0.25, 0.3) is 0 Å². The number of alkyl halides is 2. The molecule has 0 bridgehead atoms. The Morgan fingerprint density at radius 2 is 2.17 bits per heavy atom. The number of amides is 1. The summed E-state index contributed by atoms with van der Waals surface area (Å²) < 4.78 is 27.7. The number of carbonyl (C=O) groups is 1. The summed E-state index contributed by atoms with van der Waals surface area (Å²) in [5, 5.41) is 17.3. The van der Waals surface area contributed by atoms with Crippen LogP contribution in [0.15, 0.2) is 24.3 Å². The molecular formula is C15H16F2N4O2. The fraction of sp³-hybridized carbons (Fsp3) is 0.400. The van der Waals surface area contributed by atoms with Crippen LogP contribution < -0.4 is 0 Å². The zero-order chi connectivity index (χ0) is 16.6. The molecule has 0 spiro atoms. The second-order valence-corrected chi connectivity index (χ2v) is 5.48. The highest BCUT2D eigenvalue weighted by Crippen LogP contribution is 2.29. The molecule has 6 nitrogen and oxygen atoms in total. The third-order valence-electron chi connectivity index (χ3n) is 4.18. The van der Waals surface area contributed by atoms with Gasteiger partial charge in [0.25, 0.3) is 6.43 Å². The minimum atomic E-state index is -2.55. The van der Waals surface area contributed by atoms with Crippen molar-refractivity contribution in [3.63, 3.8) is 0 Å². The molecule has 1 aromatic carbocycles. The largest absolute Gasteiger partial charge is 0.465 e. The Bertz CT molecular complexity index is 732. The lowest BCUT2D eigenvalue weighted by molar-refractivity contribution is 0.123. The third kappa shape index (κ3) is 2.76. The molecule has 2 aromatic rings. The number of carboxylic acid groups (broad SMARTS) is 1. The average Bonchev–Trinajstić information content (AvgIpc) is 2.91. The van der Waals surface area contributed by atoms with Crippen LogP contribution in [0.1, 0.15) is 41.9 Å². The lowest BCUT2D eigenvalue weighted by Gasteiger charge is -2.30. The van der Waals surface area contributed by atoms with E-state index in [0.29, 0.717) is 24.2 Å². The normalized spacial score (nSPS) is 17.4. The van der Waals surface area contributed by atoms with E-state index in [1.165, 1.54) is 11.0 Å². The maximum atomic E-state index is 13.1. The van der Waals surface area contributed by atoms with Crippen LogP contribution in [0.2, 0.25) is 0 Å². The van der Waals surface area contributed by atoms with Crippen LogP contribution in [0.3, 0.4) is 0 Å². The summed E-state index contributed by atoms with van der Waals surface area (Å²) in [6.07, 6.45) is -3.08. The van der Waals surface area contributed by atoms with Gasteiger partial charge >= 0.3 is 6.09 Å². The SMILES string of the molecule is C[C@H]1c2nnn(Cc3ccccc3C(F)F)c2CCN1C(=O)O. The van der Waals surface area contributed by atoms with Gasteiger partial charge in [0.1, 0.15) is 5.69 Å². The second-order valence-electron chi connectivity index (χ2n) is 5.48. The maximum absolute atomic E-state index is 13.1. The number of benzene rings is 1. The van der Waals surface area contributed by atoms with E-state index in [1.54, 1.807) is 29.8 Å². The Kier molecular flexibility index (Phi) is 3.97. The predicted octanol–water partition coefficient (Wildman–Crippen LogP) is 2.86. The molecule has 1 N–H and O–H groups in total. The highest BCUT2D eigenvalue weighted by atomic mass is 19.3. The van der Waals surface area contributed by atoms with Gasteiger partial charge in [-0.2, -0.15) is 0 Å². The van der Waals surface area contributed by atoms with Gasteiger partial charge in [0, 0.05) is 18.5 Å². The van der Waals surface area contributed by atoms with E-state index >= 15 is 0 Å². The quantitative estimate of drug-likeness (QED) is 0.943. The lowest BCUT2D eigenvalue weighted by Crippen LogP contribution is -2.38. The first kappa shape index (κ1) is 15.4. The highest BCUT2D eigenvalue weighted by Gasteiger charge is 2.31. The van der Waals surface area contributed by atoms with Crippen LogP contribution in [0.4, 0.5) is 13.6 Å². The summed E-state index contributed by atoms with van der Waals surface area (Å²) in [6, 6.07) is 5.94. The van der Waals surface area contributed by atoms with Crippen LogP contribution >= 0.6 is 0 Å². The van der Waals surface area contributed by atoms with E-state index in [-0.39, 0.29) is 12.1 Å². The Labute approximate surface area is 131 Å². The van der Waals surface area contributed by atoms with Crippen molar-refractivity contribution in [2.45, 2.75) is 32.4 Å². The Morgan fingerprint density at radius 1 is 1.43 bits per heavy atom. The average molecular weight is 322 g/mol. The first-order valence-electron chi connectivity index (χ1n) is 7.26. The van der Waals surface area contributed by atoms with Gasteiger partial charge in [0.05, 0.1) is 18.3 Å². The summed E-state index contributed by atoms with van der Waals surface area (Å²) in [4.78, 5) is 12.5. The fourth-order valence-electron chi connectivity index (χ4n) is 2.94. The number of aromatic nitrogens is 3. The molecule has 0 fully saturated rings. The van der Waals surface area contributed by atoms with Crippen molar-refractivity contribution in [3.05, 3.63) is 46.8 Å². The van der Waals surface area contributed by atoms with E-state index in [1.807, 2.05) is 0 Å². The van der Waals surface area contributed by atoms with E-state index in [2.05, 4.69) is 10.3 Å². The minimum Gasteiger partial charge on any atom is -0.465 e. The third-order valence-corrected chi connectivity index (χ3v) is 4.18. The number of halogens is 2. The van der Waals surface area contributed by atoms with Crippen molar-refractivity contribution in [3.8, 4) is 0 Å². The van der Waals surface area contributed by atoms with Gasteiger partial charge in [0.2, 0.25) is 0 Å². The van der Waals surface area contributed by atoms with Crippen LogP contribution in [0, 0.1) is 0 Å². The Morgan fingerprint density at radius 3 is 2.87 bits per heavy atom. The molecule has 0 saturated heterocycles. The maximum Gasteiger partial charge on any atom is 0.407 e. The molecule has 1 aromatic heterocycles. The van der Waals surface area contributed by atoms with Crippen LogP contribution in [0.5, 0.6) is 0 Å². The van der Waals surface area contributed by atoms with E-state index < -0.39 is 18.6 Å². The van der Waals surface area contributed by atoms with E-state index in [0.717, 1.165) is 5.69 Å². The van der Waals surface area contributed by atoms with Gasteiger partial charge in [-0.05, 0) is 12.5 Å². The topological polar surface area (TPSA) is 71.2 Å². The van der Waals surface area contributed by atoms with E-state index in [9.17, 15) is 13.6 Å². The van der Waals surface area contributed by atoms with Crippen molar-refractivity contribution >= 4 is 6.09 Å². The fourth-order valence-corrected chi connectivity index (χ4v) is 2.94. The molecule has 0 unspecified atom stereocenters. The summed E-state index contributed by atoms with van der Waals surface area (Å²) in [6.45, 7) is 2.29. The number of fused-ring (bicyclic) bond motifs is 1. The lowest BCUT2D eigenvalue weighted by atomic mass is 10.0. The smallest absolute Gasteiger partial charge is 0.407 e. The molecule has 122 valence electrons. The molecule has 8 heteroatoms. The molecular weight excluding hydrogens is 306 g/mol. The van der Waals surface area contributed by atoms with Gasteiger partial charge < -0.3 is 5.11 Å². The van der Waals surface area contributed by atoms with Gasteiger partial charge in [-0.25, -0.2) is 18.3 Å². The molecule has 0 aliphatic carbocycles. The van der Waals surface area contributed by atoms with Gasteiger partial charge in [-0.15, -0.1) is 5.10 Å². The van der Waals surface area contributed by atoms with Gasteiger partial charge in [-0.1, -0.05) is 29.5 Å². The van der Waals surface area contributed by atoms with Crippen molar-refractivity contribution in [1.29, 1.82) is 0 Å². The van der Waals surface area contributed by atoms with Crippen LogP contribution in [-0.2, 0) is 13.0 Å². The zero-order valence-electron chi connectivity index (χ0n) is 12.5. The van der Waals surface area contributed by atoms with Crippen molar-refractivity contribution < 1.29 is 18.7 Å². The van der Waals surface area contributed by atoms with Crippen molar-refractivity contribution in [2.75, 3.05) is 6.54 Å².